The molecule has 0 saturated heterocycles. The Balaban J connectivity index is 1.64. The van der Waals surface area contributed by atoms with Gasteiger partial charge in [-0.2, -0.15) is 0 Å². The summed E-state index contributed by atoms with van der Waals surface area (Å²) >= 11 is 7.48. The third-order valence-corrected chi connectivity index (χ3v) is 5.58. The molecule has 1 heterocycles. The molecule has 3 aromatic rings. The lowest BCUT2D eigenvalue weighted by molar-refractivity contribution is -0.682. The van der Waals surface area contributed by atoms with Crippen LogP contribution in [0.15, 0.2) is 66.0 Å². The van der Waals surface area contributed by atoms with Crippen molar-refractivity contribution in [3.63, 3.8) is 0 Å². The average Bonchev–Trinajstić information content (AvgIpc) is 3.20. The minimum Gasteiger partial charge on any atom is -0.339 e. The number of quaternary nitrogens is 1. The van der Waals surface area contributed by atoms with E-state index in [4.69, 9.17) is 11.6 Å². The van der Waals surface area contributed by atoms with Crippen molar-refractivity contribution in [3.05, 3.63) is 92.9 Å². The number of hydrogen-bond acceptors (Lipinski definition) is 2. The van der Waals surface area contributed by atoms with Crippen LogP contribution in [0.25, 0.3) is 0 Å². The zero-order valence-electron chi connectivity index (χ0n) is 14.9. The summed E-state index contributed by atoms with van der Waals surface area (Å²) in [4.78, 5) is 13.6. The highest BCUT2D eigenvalue weighted by molar-refractivity contribution is 7.10. The van der Waals surface area contributed by atoms with Gasteiger partial charge in [0.05, 0.1) is 6.04 Å². The van der Waals surface area contributed by atoms with Crippen molar-refractivity contribution in [2.45, 2.75) is 19.0 Å². The number of benzene rings is 2. The van der Waals surface area contributed by atoms with E-state index in [1.807, 2.05) is 54.0 Å². The molecule has 0 aliphatic rings. The van der Waals surface area contributed by atoms with Crippen LogP contribution in [0.3, 0.4) is 0 Å². The fraction of sp³-hybridized carbons (Fsp3) is 0.190. The van der Waals surface area contributed by atoms with Crippen molar-refractivity contribution >= 4 is 28.8 Å². The van der Waals surface area contributed by atoms with Crippen molar-refractivity contribution in [1.82, 2.24) is 5.32 Å². The number of carbonyl (C=O) groups excluding carboxylic acids is 1. The van der Waals surface area contributed by atoms with Gasteiger partial charge < -0.3 is 10.6 Å². The Hall–Kier alpha value is -2.21. The molecule has 6 heteroatoms. The van der Waals surface area contributed by atoms with Gasteiger partial charge in [0.1, 0.15) is 11.9 Å². The first-order valence-electron chi connectivity index (χ1n) is 8.70. The molecule has 3 nitrogen and oxygen atoms in total. The maximum Gasteiger partial charge on any atom is 0.275 e. The van der Waals surface area contributed by atoms with E-state index >= 15 is 0 Å². The van der Waals surface area contributed by atoms with Crippen LogP contribution in [0.1, 0.15) is 35.0 Å². The van der Waals surface area contributed by atoms with Crippen molar-refractivity contribution in [3.8, 4) is 0 Å². The van der Waals surface area contributed by atoms with Crippen molar-refractivity contribution < 1.29 is 14.5 Å². The second-order valence-corrected chi connectivity index (χ2v) is 7.76. The molecule has 2 atom stereocenters. The predicted molar refractivity (Wildman–Crippen MR) is 107 cm³/mol. The van der Waals surface area contributed by atoms with Gasteiger partial charge in [0.25, 0.3) is 5.91 Å². The van der Waals surface area contributed by atoms with Gasteiger partial charge in [-0.25, -0.2) is 4.39 Å². The molecular weight excluding hydrogens is 383 g/mol. The fourth-order valence-corrected chi connectivity index (χ4v) is 3.76. The summed E-state index contributed by atoms with van der Waals surface area (Å²) in [5.74, 6) is -0.362. The molecule has 0 aliphatic carbocycles. The lowest BCUT2D eigenvalue weighted by Crippen LogP contribution is -2.87. The highest BCUT2D eigenvalue weighted by Gasteiger charge is 2.19. The van der Waals surface area contributed by atoms with Gasteiger partial charge in [-0.15, -0.1) is 11.3 Å². The van der Waals surface area contributed by atoms with E-state index in [2.05, 4.69) is 5.32 Å². The first kappa shape index (κ1) is 19.5. The molecule has 27 heavy (non-hydrogen) atoms. The van der Waals surface area contributed by atoms with Crippen LogP contribution >= 0.6 is 22.9 Å². The van der Waals surface area contributed by atoms with Crippen molar-refractivity contribution in [2.75, 3.05) is 6.54 Å². The van der Waals surface area contributed by atoms with Crippen LogP contribution < -0.4 is 10.6 Å². The second kappa shape index (κ2) is 9.13. The van der Waals surface area contributed by atoms with E-state index in [0.717, 1.165) is 16.0 Å². The highest BCUT2D eigenvalue weighted by Crippen LogP contribution is 2.26. The number of carbonyl (C=O) groups is 1. The van der Waals surface area contributed by atoms with E-state index in [0.29, 0.717) is 11.6 Å². The Kier molecular flexibility index (Phi) is 6.61. The average molecular weight is 404 g/mol. The summed E-state index contributed by atoms with van der Waals surface area (Å²) in [6, 6.07) is 17.6. The summed E-state index contributed by atoms with van der Waals surface area (Å²) in [6.45, 7) is 2.35. The fourth-order valence-electron chi connectivity index (χ4n) is 2.84. The third-order valence-electron chi connectivity index (χ3n) is 4.39. The normalized spacial score (nSPS) is 13.1. The van der Waals surface area contributed by atoms with Crippen LogP contribution in [0.2, 0.25) is 5.02 Å². The summed E-state index contributed by atoms with van der Waals surface area (Å²) in [7, 11) is 0. The Bertz CT molecular complexity index is 866. The van der Waals surface area contributed by atoms with Gasteiger partial charge in [0.2, 0.25) is 0 Å². The number of nitrogens with one attached hydrogen (secondary N) is 1. The summed E-state index contributed by atoms with van der Waals surface area (Å²) in [5, 5.41) is 7.71. The van der Waals surface area contributed by atoms with Crippen LogP contribution in [0.5, 0.6) is 0 Å². The Morgan fingerprint density at radius 3 is 2.41 bits per heavy atom. The van der Waals surface area contributed by atoms with Crippen molar-refractivity contribution in [2.24, 2.45) is 0 Å². The molecular formula is C21H21ClFN2OS+. The van der Waals surface area contributed by atoms with Gasteiger partial charge in [-0.1, -0.05) is 41.9 Å². The Morgan fingerprint density at radius 1 is 1.11 bits per heavy atom. The van der Waals surface area contributed by atoms with Gasteiger partial charge >= 0.3 is 0 Å². The lowest BCUT2D eigenvalue weighted by Gasteiger charge is -2.18. The molecule has 3 N–H and O–H groups in total. The van der Waals surface area contributed by atoms with Crippen LogP contribution in [0.4, 0.5) is 4.39 Å². The summed E-state index contributed by atoms with van der Waals surface area (Å²) in [5.41, 5.74) is 1.97. The van der Waals surface area contributed by atoms with E-state index < -0.39 is 0 Å². The predicted octanol–water partition coefficient (Wildman–Crippen LogP) is 4.07. The molecule has 0 saturated carbocycles. The molecule has 0 bridgehead atoms. The van der Waals surface area contributed by atoms with Gasteiger partial charge in [-0.3, -0.25) is 4.79 Å². The SMILES string of the molecule is C[C@H]([NH2+]CC(=O)N[C@@H](c1ccc(F)cc1)c1cccs1)c1ccc(Cl)cc1. The molecule has 0 aliphatic heterocycles. The first-order valence-corrected chi connectivity index (χ1v) is 9.95. The summed E-state index contributed by atoms with van der Waals surface area (Å²) < 4.78 is 13.3. The Labute approximate surface area is 167 Å². The molecule has 1 amide bonds. The van der Waals surface area contributed by atoms with Gasteiger partial charge in [0, 0.05) is 15.5 Å². The zero-order chi connectivity index (χ0) is 19.2. The number of nitrogens with two attached hydrogens (primary N) is 1. The maximum absolute atomic E-state index is 13.3. The Morgan fingerprint density at radius 2 is 1.78 bits per heavy atom. The largest absolute Gasteiger partial charge is 0.339 e. The molecule has 3 rings (SSSR count). The molecule has 0 unspecified atom stereocenters. The van der Waals surface area contributed by atoms with Crippen LogP contribution in [-0.2, 0) is 4.79 Å². The minimum atomic E-state index is -0.292. The number of halogens is 2. The van der Waals surface area contributed by atoms with Crippen LogP contribution in [0, 0.1) is 5.82 Å². The summed E-state index contributed by atoms with van der Waals surface area (Å²) in [6.07, 6.45) is 0. The van der Waals surface area contributed by atoms with E-state index in [-0.39, 0.29) is 23.8 Å². The minimum absolute atomic E-state index is 0.0708. The quantitative estimate of drug-likeness (QED) is 0.613. The number of hydrogen-bond donors (Lipinski definition) is 2. The first-order chi connectivity index (χ1) is 13.0. The van der Waals surface area contributed by atoms with E-state index in [1.54, 1.807) is 23.5 Å². The molecule has 0 spiro atoms. The second-order valence-electron chi connectivity index (χ2n) is 6.35. The van der Waals surface area contributed by atoms with E-state index in [1.165, 1.54) is 12.1 Å². The highest BCUT2D eigenvalue weighted by atomic mass is 35.5. The molecule has 2 aromatic carbocycles. The smallest absolute Gasteiger partial charge is 0.275 e. The molecule has 0 radical (unpaired) electrons. The van der Waals surface area contributed by atoms with Gasteiger partial charge in [-0.05, 0) is 48.2 Å². The number of amides is 1. The van der Waals surface area contributed by atoms with E-state index in [9.17, 15) is 9.18 Å². The molecule has 1 aromatic heterocycles. The monoisotopic (exact) mass is 403 g/mol. The van der Waals surface area contributed by atoms with Gasteiger partial charge in [0.15, 0.2) is 6.54 Å². The molecule has 0 fully saturated rings. The zero-order valence-corrected chi connectivity index (χ0v) is 16.4. The number of thiophene rings is 1. The maximum atomic E-state index is 13.3. The van der Waals surface area contributed by atoms with Crippen LogP contribution in [-0.4, -0.2) is 12.5 Å². The van der Waals surface area contributed by atoms with Crippen molar-refractivity contribution in [1.29, 1.82) is 0 Å². The topological polar surface area (TPSA) is 45.7 Å². The molecule has 140 valence electrons. The third kappa shape index (κ3) is 5.39. The standard InChI is InChI=1S/C21H20ClFN2OS/c1-14(15-4-8-17(22)9-5-15)24-13-20(26)25-21(19-3-2-12-27-19)16-6-10-18(23)11-7-16/h2-12,14,21,24H,13H2,1H3,(H,25,26)/p+1/t14-,21-/m0/s1. The lowest BCUT2D eigenvalue weighted by atomic mass is 10.1. The number of rotatable bonds is 7.